The summed E-state index contributed by atoms with van der Waals surface area (Å²) < 4.78 is 16.9. The molecule has 0 bridgehead atoms. The molecule has 0 aromatic heterocycles. The van der Waals surface area contributed by atoms with E-state index in [0.717, 1.165) is 116 Å². The Morgan fingerprint density at radius 3 is 0.797 bits per heavy atom. The standard InChI is InChI=1S/C73H122O6/c1-4-7-10-13-16-19-22-24-26-28-30-32-33-34-35-36-37-38-39-41-42-44-46-48-51-54-57-60-63-66-72(75)78-69-70(68-77-71(74)65-62-59-56-53-50-21-18-15-12-9-6-3)79-73(76)67-64-61-58-55-52-49-47-45-43-40-31-29-27-25-23-20-17-14-11-8-5-2/h7-8,10-11,16-17,19-20,24-27,30-32,40,45,47,52,55,70H,4-6,9,12-15,18,21-23,28-29,33-39,41-44,46,48-51,53-54,56-69H2,1-3H3/b10-7-,11-8-,19-16-,20-17-,26-24-,27-25-,32-30-,40-31-,47-45-,55-52-. The van der Waals surface area contributed by atoms with Gasteiger partial charge in [0.1, 0.15) is 13.2 Å². The third-order valence-electron chi connectivity index (χ3n) is 14.0. The van der Waals surface area contributed by atoms with Gasteiger partial charge in [-0.15, -0.1) is 0 Å². The summed E-state index contributed by atoms with van der Waals surface area (Å²) in [4.78, 5) is 38.3. The van der Waals surface area contributed by atoms with Gasteiger partial charge in [-0.05, 0) is 109 Å². The van der Waals surface area contributed by atoms with Crippen molar-refractivity contribution in [1.29, 1.82) is 0 Å². The summed E-state index contributed by atoms with van der Waals surface area (Å²) in [5.74, 6) is -0.931. The molecule has 0 saturated heterocycles. The van der Waals surface area contributed by atoms with Crippen molar-refractivity contribution in [2.45, 2.75) is 309 Å². The van der Waals surface area contributed by atoms with E-state index >= 15 is 0 Å². The highest BCUT2D eigenvalue weighted by atomic mass is 16.6. The summed E-state index contributed by atoms with van der Waals surface area (Å²) in [7, 11) is 0. The first-order valence-electron chi connectivity index (χ1n) is 33.0. The van der Waals surface area contributed by atoms with Crippen molar-refractivity contribution >= 4 is 17.9 Å². The summed E-state index contributed by atoms with van der Waals surface area (Å²) in [5, 5.41) is 0. The second-order valence-electron chi connectivity index (χ2n) is 21.6. The first-order chi connectivity index (χ1) is 39.0. The van der Waals surface area contributed by atoms with Gasteiger partial charge in [0, 0.05) is 19.3 Å². The van der Waals surface area contributed by atoms with Crippen LogP contribution in [0.1, 0.15) is 303 Å². The number of carbonyl (C=O) groups excluding carboxylic acids is 3. The number of rotatable bonds is 59. The fourth-order valence-electron chi connectivity index (χ4n) is 9.09. The molecule has 0 aliphatic carbocycles. The molecule has 79 heavy (non-hydrogen) atoms. The first kappa shape index (κ1) is 74.8. The molecular formula is C73H122O6. The van der Waals surface area contributed by atoms with Gasteiger partial charge in [-0.25, -0.2) is 0 Å². The SMILES string of the molecule is CC/C=C\C/C=C\C/C=C\C/C=C\C/C=C\C/C=C\CCCCC(=O)OC(COC(=O)CCCCCCCCCCCCC)COC(=O)CCCCCCCCCCCCCCCCCC/C=C\C/C=C\C/C=C\C/C=C\CC. The average Bonchev–Trinajstić information content (AvgIpc) is 3.45. The normalized spacial score (nSPS) is 12.9. The van der Waals surface area contributed by atoms with Gasteiger partial charge < -0.3 is 14.2 Å². The van der Waals surface area contributed by atoms with Crippen LogP contribution in [0, 0.1) is 0 Å². The molecule has 1 unspecified atom stereocenters. The average molecular weight is 1100 g/mol. The second-order valence-corrected chi connectivity index (χ2v) is 21.6. The van der Waals surface area contributed by atoms with Crippen LogP contribution in [0.5, 0.6) is 0 Å². The predicted octanol–water partition coefficient (Wildman–Crippen LogP) is 22.8. The van der Waals surface area contributed by atoms with Crippen molar-refractivity contribution in [3.63, 3.8) is 0 Å². The molecule has 0 heterocycles. The monoisotopic (exact) mass is 1090 g/mol. The Bertz CT molecular complexity index is 1640. The molecule has 450 valence electrons. The Labute approximate surface area is 488 Å². The Hall–Kier alpha value is -4.19. The fraction of sp³-hybridized carbons (Fsp3) is 0.685. The molecule has 0 aromatic carbocycles. The van der Waals surface area contributed by atoms with Crippen LogP contribution < -0.4 is 0 Å². The van der Waals surface area contributed by atoms with Crippen molar-refractivity contribution < 1.29 is 28.6 Å². The van der Waals surface area contributed by atoms with Crippen molar-refractivity contribution in [3.05, 3.63) is 122 Å². The maximum atomic E-state index is 12.9. The van der Waals surface area contributed by atoms with Gasteiger partial charge in [0.2, 0.25) is 0 Å². The minimum Gasteiger partial charge on any atom is -0.462 e. The van der Waals surface area contributed by atoms with Crippen LogP contribution in [0.4, 0.5) is 0 Å². The molecule has 0 N–H and O–H groups in total. The van der Waals surface area contributed by atoms with Crippen molar-refractivity contribution in [1.82, 2.24) is 0 Å². The summed E-state index contributed by atoms with van der Waals surface area (Å²) in [6, 6.07) is 0. The minimum absolute atomic E-state index is 0.0942. The zero-order valence-electron chi connectivity index (χ0n) is 51.6. The maximum Gasteiger partial charge on any atom is 0.306 e. The summed E-state index contributed by atoms with van der Waals surface area (Å²) in [6.07, 6.45) is 92.2. The van der Waals surface area contributed by atoms with E-state index in [4.69, 9.17) is 14.2 Å². The number of allylic oxidation sites excluding steroid dienone is 20. The highest BCUT2D eigenvalue weighted by Gasteiger charge is 2.19. The highest BCUT2D eigenvalue weighted by Crippen LogP contribution is 2.16. The lowest BCUT2D eigenvalue weighted by molar-refractivity contribution is -0.167. The third kappa shape index (κ3) is 64.5. The van der Waals surface area contributed by atoms with Gasteiger partial charge in [0.25, 0.3) is 0 Å². The molecule has 0 rings (SSSR count). The molecule has 0 fully saturated rings. The van der Waals surface area contributed by atoms with Crippen LogP contribution in [0.15, 0.2) is 122 Å². The lowest BCUT2D eigenvalue weighted by Crippen LogP contribution is -2.30. The first-order valence-corrected chi connectivity index (χ1v) is 33.0. The lowest BCUT2D eigenvalue weighted by Gasteiger charge is -2.18. The number of carbonyl (C=O) groups is 3. The van der Waals surface area contributed by atoms with E-state index in [9.17, 15) is 14.4 Å². The summed E-state index contributed by atoms with van der Waals surface area (Å²) in [6.45, 7) is 6.39. The zero-order valence-corrected chi connectivity index (χ0v) is 51.6. The van der Waals surface area contributed by atoms with E-state index in [1.165, 1.54) is 141 Å². The van der Waals surface area contributed by atoms with Crippen molar-refractivity contribution in [2.75, 3.05) is 13.2 Å². The van der Waals surface area contributed by atoms with E-state index in [1.807, 2.05) is 0 Å². The molecule has 0 radical (unpaired) electrons. The van der Waals surface area contributed by atoms with E-state index < -0.39 is 6.10 Å². The van der Waals surface area contributed by atoms with E-state index in [1.54, 1.807) is 0 Å². The van der Waals surface area contributed by atoms with E-state index in [2.05, 4.69) is 142 Å². The van der Waals surface area contributed by atoms with Gasteiger partial charge in [-0.3, -0.25) is 14.4 Å². The second kappa shape index (κ2) is 66.3. The van der Waals surface area contributed by atoms with Crippen molar-refractivity contribution in [2.24, 2.45) is 0 Å². The Kier molecular flexibility index (Phi) is 62.8. The van der Waals surface area contributed by atoms with Crippen LogP contribution in [0.3, 0.4) is 0 Å². The van der Waals surface area contributed by atoms with E-state index in [-0.39, 0.29) is 37.5 Å². The topological polar surface area (TPSA) is 78.9 Å². The van der Waals surface area contributed by atoms with E-state index in [0.29, 0.717) is 19.3 Å². The Morgan fingerprint density at radius 1 is 0.266 bits per heavy atom. The molecule has 6 nitrogen and oxygen atoms in total. The fourth-order valence-corrected chi connectivity index (χ4v) is 9.09. The van der Waals surface area contributed by atoms with Crippen LogP contribution in [-0.4, -0.2) is 37.2 Å². The molecule has 1 atom stereocenters. The Balaban J connectivity index is 4.28. The lowest BCUT2D eigenvalue weighted by atomic mass is 10.0. The summed E-state index contributed by atoms with van der Waals surface area (Å²) >= 11 is 0. The van der Waals surface area contributed by atoms with Crippen LogP contribution in [-0.2, 0) is 28.6 Å². The minimum atomic E-state index is -0.802. The number of ether oxygens (including phenoxy) is 3. The van der Waals surface area contributed by atoms with Crippen LogP contribution in [0.25, 0.3) is 0 Å². The van der Waals surface area contributed by atoms with Crippen molar-refractivity contribution in [3.8, 4) is 0 Å². The number of hydrogen-bond acceptors (Lipinski definition) is 6. The molecule has 0 aromatic rings. The van der Waals surface area contributed by atoms with Gasteiger partial charge in [0.15, 0.2) is 6.10 Å². The molecule has 0 amide bonds. The maximum absolute atomic E-state index is 12.9. The number of unbranched alkanes of at least 4 members (excludes halogenated alkanes) is 28. The molecule has 0 spiro atoms. The van der Waals surface area contributed by atoms with Crippen LogP contribution in [0.2, 0.25) is 0 Å². The number of hydrogen-bond donors (Lipinski definition) is 0. The predicted molar refractivity (Wildman–Crippen MR) is 343 cm³/mol. The molecule has 0 aliphatic rings. The van der Waals surface area contributed by atoms with Gasteiger partial charge >= 0.3 is 17.9 Å². The molecular weight excluding hydrogens is 973 g/mol. The smallest absolute Gasteiger partial charge is 0.306 e. The highest BCUT2D eigenvalue weighted by molar-refractivity contribution is 5.71. The Morgan fingerprint density at radius 2 is 0.494 bits per heavy atom. The third-order valence-corrected chi connectivity index (χ3v) is 14.0. The van der Waals surface area contributed by atoms with Crippen LogP contribution >= 0.6 is 0 Å². The molecule has 0 saturated carbocycles. The van der Waals surface area contributed by atoms with Gasteiger partial charge in [-0.2, -0.15) is 0 Å². The summed E-state index contributed by atoms with van der Waals surface area (Å²) in [5.41, 5.74) is 0. The quantitative estimate of drug-likeness (QED) is 0.0261. The number of esters is 3. The molecule has 0 aliphatic heterocycles. The van der Waals surface area contributed by atoms with Gasteiger partial charge in [0.05, 0.1) is 0 Å². The van der Waals surface area contributed by atoms with Gasteiger partial charge in [-0.1, -0.05) is 296 Å². The zero-order chi connectivity index (χ0) is 57.1. The largest absolute Gasteiger partial charge is 0.462 e. The molecule has 6 heteroatoms.